The van der Waals surface area contributed by atoms with Crippen LogP contribution in [0.5, 0.6) is 0 Å². The van der Waals surface area contributed by atoms with E-state index in [-0.39, 0.29) is 13.2 Å². The summed E-state index contributed by atoms with van der Waals surface area (Å²) in [5, 5.41) is 12.0. The standard InChI is InChI=1S/C9H11F3N2O5/c10-9(11,12)5-19-4-3-13-8(18)14-6(15)1-2-7(16)17/h1-2H,3-5H2,(H,16,17)(H2,13,14,15,18). The molecule has 0 aromatic carbocycles. The second kappa shape index (κ2) is 8.08. The van der Waals surface area contributed by atoms with E-state index in [2.05, 4.69) is 4.74 Å². The molecule has 0 atom stereocenters. The number of ether oxygens (including phenoxy) is 1. The number of urea groups is 1. The van der Waals surface area contributed by atoms with Gasteiger partial charge in [-0.25, -0.2) is 9.59 Å². The van der Waals surface area contributed by atoms with Crippen molar-refractivity contribution in [1.29, 1.82) is 0 Å². The molecule has 0 aliphatic rings. The lowest BCUT2D eigenvalue weighted by atomic mass is 10.5. The molecule has 0 spiro atoms. The number of carbonyl (C=O) groups excluding carboxylic acids is 2. The number of imide groups is 1. The van der Waals surface area contributed by atoms with Crippen molar-refractivity contribution >= 4 is 17.9 Å². The fraction of sp³-hybridized carbons (Fsp3) is 0.444. The van der Waals surface area contributed by atoms with E-state index in [0.29, 0.717) is 12.2 Å². The van der Waals surface area contributed by atoms with E-state index in [1.807, 2.05) is 5.32 Å². The van der Waals surface area contributed by atoms with E-state index < -0.39 is 30.7 Å². The topological polar surface area (TPSA) is 105 Å². The van der Waals surface area contributed by atoms with Crippen LogP contribution in [0.25, 0.3) is 0 Å². The molecule has 0 bridgehead atoms. The van der Waals surface area contributed by atoms with Gasteiger partial charge in [-0.1, -0.05) is 0 Å². The van der Waals surface area contributed by atoms with Gasteiger partial charge in [-0.05, 0) is 0 Å². The Balaban J connectivity index is 3.71. The Bertz CT molecular complexity index is 367. The molecule has 0 aliphatic carbocycles. The highest BCUT2D eigenvalue weighted by atomic mass is 19.4. The first kappa shape index (κ1) is 16.9. The lowest BCUT2D eigenvalue weighted by molar-refractivity contribution is -0.173. The average Bonchev–Trinajstić information content (AvgIpc) is 2.24. The van der Waals surface area contributed by atoms with Crippen LogP contribution in [0.4, 0.5) is 18.0 Å². The van der Waals surface area contributed by atoms with Gasteiger partial charge in [0.1, 0.15) is 6.61 Å². The molecular weight excluding hydrogens is 273 g/mol. The first-order valence-corrected chi connectivity index (χ1v) is 4.85. The molecule has 0 radical (unpaired) electrons. The summed E-state index contributed by atoms with van der Waals surface area (Å²) in [5.41, 5.74) is 0. The van der Waals surface area contributed by atoms with Gasteiger partial charge < -0.3 is 15.2 Å². The van der Waals surface area contributed by atoms with Crippen LogP contribution in [0.3, 0.4) is 0 Å². The third-order valence-corrected chi connectivity index (χ3v) is 1.41. The van der Waals surface area contributed by atoms with E-state index in [1.165, 1.54) is 0 Å². The van der Waals surface area contributed by atoms with Gasteiger partial charge in [-0.2, -0.15) is 13.2 Å². The van der Waals surface area contributed by atoms with Crippen molar-refractivity contribution in [2.45, 2.75) is 6.18 Å². The third-order valence-electron chi connectivity index (χ3n) is 1.41. The molecule has 0 heterocycles. The molecule has 0 saturated heterocycles. The van der Waals surface area contributed by atoms with E-state index in [0.717, 1.165) is 0 Å². The Labute approximate surface area is 105 Å². The number of halogens is 3. The van der Waals surface area contributed by atoms with Crippen LogP contribution in [0, 0.1) is 0 Å². The molecule has 0 unspecified atom stereocenters. The number of hydrogen-bond acceptors (Lipinski definition) is 4. The Hall–Kier alpha value is -2.10. The van der Waals surface area contributed by atoms with Crippen molar-refractivity contribution in [3.63, 3.8) is 0 Å². The number of aliphatic carboxylic acids is 1. The first-order valence-electron chi connectivity index (χ1n) is 4.85. The molecule has 19 heavy (non-hydrogen) atoms. The predicted octanol–water partition coefficient (Wildman–Crippen LogP) is 0.0319. The summed E-state index contributed by atoms with van der Waals surface area (Å²) in [6.07, 6.45) is -3.31. The van der Waals surface area contributed by atoms with E-state index in [4.69, 9.17) is 5.11 Å². The number of rotatable bonds is 6. The van der Waals surface area contributed by atoms with E-state index in [9.17, 15) is 27.6 Å². The Morgan fingerprint density at radius 2 is 1.84 bits per heavy atom. The van der Waals surface area contributed by atoms with Crippen LogP contribution in [0.1, 0.15) is 0 Å². The summed E-state index contributed by atoms with van der Waals surface area (Å²) < 4.78 is 39.1. The lowest BCUT2D eigenvalue weighted by Crippen LogP contribution is -2.40. The van der Waals surface area contributed by atoms with Gasteiger partial charge in [0.15, 0.2) is 0 Å². The zero-order valence-electron chi connectivity index (χ0n) is 9.49. The number of carboxylic acid groups (broad SMARTS) is 1. The fourth-order valence-corrected chi connectivity index (χ4v) is 0.769. The van der Waals surface area contributed by atoms with Crippen molar-refractivity contribution in [1.82, 2.24) is 10.6 Å². The molecule has 0 aromatic heterocycles. The SMILES string of the molecule is O=C(O)C=CC(=O)NC(=O)NCCOCC(F)(F)F. The second-order valence-electron chi connectivity index (χ2n) is 3.08. The normalized spacial score (nSPS) is 11.3. The van der Waals surface area contributed by atoms with Crippen LogP contribution in [0.15, 0.2) is 12.2 Å². The van der Waals surface area contributed by atoms with Gasteiger partial charge in [-0.3, -0.25) is 10.1 Å². The molecule has 0 rings (SSSR count). The van der Waals surface area contributed by atoms with Crippen LogP contribution in [-0.2, 0) is 14.3 Å². The summed E-state index contributed by atoms with van der Waals surface area (Å²) in [7, 11) is 0. The van der Waals surface area contributed by atoms with Crippen molar-refractivity contribution in [2.75, 3.05) is 19.8 Å². The third kappa shape index (κ3) is 12.2. The number of carbonyl (C=O) groups is 3. The summed E-state index contributed by atoms with van der Waals surface area (Å²) in [5.74, 6) is -2.34. The van der Waals surface area contributed by atoms with Gasteiger partial charge in [0.05, 0.1) is 6.61 Å². The molecule has 7 nitrogen and oxygen atoms in total. The molecule has 3 amide bonds. The number of hydrogen-bond donors (Lipinski definition) is 3. The van der Waals surface area contributed by atoms with Crippen LogP contribution in [0.2, 0.25) is 0 Å². The van der Waals surface area contributed by atoms with Crippen LogP contribution in [-0.4, -0.2) is 48.9 Å². The van der Waals surface area contributed by atoms with Crippen molar-refractivity contribution < 1.29 is 37.4 Å². The largest absolute Gasteiger partial charge is 0.478 e. The minimum absolute atomic E-state index is 0.238. The minimum Gasteiger partial charge on any atom is -0.478 e. The fourth-order valence-electron chi connectivity index (χ4n) is 0.769. The van der Waals surface area contributed by atoms with Crippen LogP contribution < -0.4 is 10.6 Å². The van der Waals surface area contributed by atoms with E-state index >= 15 is 0 Å². The summed E-state index contributed by atoms with van der Waals surface area (Å²) in [6.45, 7) is -2.06. The quantitative estimate of drug-likeness (QED) is 0.471. The number of amides is 3. The number of carboxylic acids is 1. The highest BCUT2D eigenvalue weighted by molar-refractivity contribution is 6.02. The van der Waals surface area contributed by atoms with Crippen molar-refractivity contribution in [3.8, 4) is 0 Å². The highest BCUT2D eigenvalue weighted by Gasteiger charge is 2.27. The summed E-state index contributed by atoms with van der Waals surface area (Å²) >= 11 is 0. The summed E-state index contributed by atoms with van der Waals surface area (Å²) in [6, 6.07) is -0.976. The maximum Gasteiger partial charge on any atom is 0.411 e. The maximum atomic E-state index is 11.6. The zero-order chi connectivity index (χ0) is 14.9. The Morgan fingerprint density at radius 1 is 1.21 bits per heavy atom. The minimum atomic E-state index is -4.44. The smallest absolute Gasteiger partial charge is 0.411 e. The average molecular weight is 284 g/mol. The number of alkyl halides is 3. The molecule has 3 N–H and O–H groups in total. The van der Waals surface area contributed by atoms with Gasteiger partial charge in [0.2, 0.25) is 0 Å². The van der Waals surface area contributed by atoms with Gasteiger partial charge in [0.25, 0.3) is 5.91 Å². The molecule has 0 aliphatic heterocycles. The molecule has 0 aromatic rings. The molecule has 10 heteroatoms. The monoisotopic (exact) mass is 284 g/mol. The van der Waals surface area contributed by atoms with Crippen LogP contribution >= 0.6 is 0 Å². The predicted molar refractivity (Wildman–Crippen MR) is 55.2 cm³/mol. The maximum absolute atomic E-state index is 11.6. The molecule has 0 saturated carbocycles. The van der Waals surface area contributed by atoms with Crippen molar-refractivity contribution in [2.24, 2.45) is 0 Å². The lowest BCUT2D eigenvalue weighted by Gasteiger charge is -2.08. The Kier molecular flexibility index (Phi) is 7.19. The molecular formula is C9H11F3N2O5. The van der Waals surface area contributed by atoms with Gasteiger partial charge in [-0.15, -0.1) is 0 Å². The Morgan fingerprint density at radius 3 is 2.37 bits per heavy atom. The number of nitrogens with one attached hydrogen (secondary N) is 2. The van der Waals surface area contributed by atoms with Gasteiger partial charge in [0, 0.05) is 18.7 Å². The molecule has 108 valence electrons. The van der Waals surface area contributed by atoms with Gasteiger partial charge >= 0.3 is 18.2 Å². The molecule has 0 fully saturated rings. The zero-order valence-corrected chi connectivity index (χ0v) is 9.49. The highest BCUT2D eigenvalue weighted by Crippen LogP contribution is 2.13. The summed E-state index contributed by atoms with van der Waals surface area (Å²) in [4.78, 5) is 31.9. The van der Waals surface area contributed by atoms with Crippen molar-refractivity contribution in [3.05, 3.63) is 12.2 Å². The van der Waals surface area contributed by atoms with E-state index in [1.54, 1.807) is 5.32 Å². The second-order valence-corrected chi connectivity index (χ2v) is 3.08. The first-order chi connectivity index (χ1) is 8.70.